The lowest BCUT2D eigenvalue weighted by molar-refractivity contribution is -0.120. The quantitative estimate of drug-likeness (QED) is 0.719. The average Bonchev–Trinajstić information content (AvgIpc) is 3.20. The molecular weight excluding hydrogens is 258 g/mol. The number of benzene rings is 1. The van der Waals surface area contributed by atoms with Gasteiger partial charge in [-0.3, -0.25) is 4.79 Å². The third kappa shape index (κ3) is 4.87. The molecular formula is C14H19N3OS. The van der Waals surface area contributed by atoms with Gasteiger partial charge in [0, 0.05) is 11.7 Å². The Hall–Kier alpha value is -1.62. The van der Waals surface area contributed by atoms with Crippen molar-refractivity contribution in [3.8, 4) is 0 Å². The number of hydrogen-bond donors (Lipinski definition) is 3. The molecule has 0 saturated heterocycles. The van der Waals surface area contributed by atoms with Gasteiger partial charge in [-0.15, -0.1) is 0 Å². The van der Waals surface area contributed by atoms with Crippen LogP contribution in [-0.2, 0) is 11.2 Å². The zero-order chi connectivity index (χ0) is 13.7. The van der Waals surface area contributed by atoms with E-state index in [1.807, 2.05) is 12.1 Å². The van der Waals surface area contributed by atoms with E-state index in [-0.39, 0.29) is 12.5 Å². The fraction of sp³-hybridized carbons (Fsp3) is 0.429. The fourth-order valence-electron chi connectivity index (χ4n) is 1.71. The molecule has 0 spiro atoms. The lowest BCUT2D eigenvalue weighted by atomic mass is 10.1. The van der Waals surface area contributed by atoms with Crippen LogP contribution in [0.3, 0.4) is 0 Å². The van der Waals surface area contributed by atoms with Gasteiger partial charge in [0.1, 0.15) is 0 Å². The molecule has 5 heteroatoms. The third-order valence-corrected chi connectivity index (χ3v) is 3.19. The topological polar surface area (TPSA) is 53.2 Å². The minimum atomic E-state index is -0.00559. The minimum Gasteiger partial charge on any atom is -0.353 e. The van der Waals surface area contributed by atoms with Gasteiger partial charge in [-0.2, -0.15) is 0 Å². The Kier molecular flexibility index (Phi) is 4.74. The van der Waals surface area contributed by atoms with Crippen molar-refractivity contribution in [2.75, 3.05) is 11.9 Å². The van der Waals surface area contributed by atoms with Crippen LogP contribution < -0.4 is 16.0 Å². The van der Waals surface area contributed by atoms with E-state index in [2.05, 4.69) is 35.0 Å². The first-order valence-corrected chi connectivity index (χ1v) is 7.01. The molecule has 0 heterocycles. The Labute approximate surface area is 119 Å². The molecule has 1 fully saturated rings. The zero-order valence-corrected chi connectivity index (χ0v) is 11.8. The molecule has 0 atom stereocenters. The van der Waals surface area contributed by atoms with Crippen LogP contribution in [0.2, 0.25) is 0 Å². The number of thiocarbonyl (C=S) groups is 1. The maximum atomic E-state index is 11.5. The molecule has 0 radical (unpaired) electrons. The van der Waals surface area contributed by atoms with Gasteiger partial charge in [-0.1, -0.05) is 19.1 Å². The second kappa shape index (κ2) is 6.52. The summed E-state index contributed by atoms with van der Waals surface area (Å²) in [6.07, 6.45) is 3.18. The lowest BCUT2D eigenvalue weighted by Crippen LogP contribution is -2.39. The van der Waals surface area contributed by atoms with Crippen molar-refractivity contribution in [2.24, 2.45) is 0 Å². The number of anilines is 1. The van der Waals surface area contributed by atoms with Gasteiger partial charge in [0.25, 0.3) is 0 Å². The molecule has 0 aliphatic heterocycles. The number of amides is 1. The van der Waals surface area contributed by atoms with Crippen molar-refractivity contribution >= 4 is 28.9 Å². The molecule has 19 heavy (non-hydrogen) atoms. The van der Waals surface area contributed by atoms with Gasteiger partial charge in [0.15, 0.2) is 5.11 Å². The highest BCUT2D eigenvalue weighted by molar-refractivity contribution is 7.80. The molecule has 2 rings (SSSR count). The molecule has 1 aliphatic carbocycles. The first-order valence-electron chi connectivity index (χ1n) is 6.60. The molecule has 1 aromatic carbocycles. The third-order valence-electron chi connectivity index (χ3n) is 2.95. The van der Waals surface area contributed by atoms with Crippen LogP contribution in [0.4, 0.5) is 5.69 Å². The number of carbonyl (C=O) groups is 1. The summed E-state index contributed by atoms with van der Waals surface area (Å²) < 4.78 is 0. The highest BCUT2D eigenvalue weighted by Gasteiger charge is 2.22. The van der Waals surface area contributed by atoms with Crippen LogP contribution in [0.25, 0.3) is 0 Å². The van der Waals surface area contributed by atoms with Crippen molar-refractivity contribution in [1.29, 1.82) is 0 Å². The monoisotopic (exact) mass is 277 g/mol. The highest BCUT2D eigenvalue weighted by atomic mass is 32.1. The zero-order valence-electron chi connectivity index (χ0n) is 11.0. The second-order valence-corrected chi connectivity index (χ2v) is 5.11. The summed E-state index contributed by atoms with van der Waals surface area (Å²) in [6.45, 7) is 2.33. The van der Waals surface area contributed by atoms with Crippen molar-refractivity contribution in [2.45, 2.75) is 32.2 Å². The Morgan fingerprint density at radius 1 is 1.42 bits per heavy atom. The number of nitrogens with one attached hydrogen (secondary N) is 3. The molecule has 0 aromatic heterocycles. The van der Waals surface area contributed by atoms with Crippen LogP contribution in [0, 0.1) is 0 Å². The van der Waals surface area contributed by atoms with Gasteiger partial charge in [0.05, 0.1) is 6.54 Å². The first kappa shape index (κ1) is 13.8. The summed E-state index contributed by atoms with van der Waals surface area (Å²) in [4.78, 5) is 11.5. The maximum Gasteiger partial charge on any atom is 0.239 e. The number of carbonyl (C=O) groups excluding carboxylic acids is 1. The Morgan fingerprint density at radius 2 is 2.21 bits per heavy atom. The van der Waals surface area contributed by atoms with Crippen LogP contribution in [-0.4, -0.2) is 23.6 Å². The molecule has 4 nitrogen and oxygen atoms in total. The van der Waals surface area contributed by atoms with Crippen LogP contribution in [0.1, 0.15) is 25.3 Å². The predicted octanol–water partition coefficient (Wildman–Crippen LogP) is 1.81. The smallest absolute Gasteiger partial charge is 0.239 e. The van der Waals surface area contributed by atoms with E-state index in [0.29, 0.717) is 11.2 Å². The van der Waals surface area contributed by atoms with Gasteiger partial charge >= 0.3 is 0 Å². The largest absolute Gasteiger partial charge is 0.353 e. The SMILES string of the molecule is CCc1cccc(NC(=S)NCC(=O)NC2CC2)c1. The van der Waals surface area contributed by atoms with Crippen molar-refractivity contribution in [3.63, 3.8) is 0 Å². The summed E-state index contributed by atoms with van der Waals surface area (Å²) >= 11 is 5.16. The van der Waals surface area contributed by atoms with Gasteiger partial charge in [-0.05, 0) is 49.2 Å². The number of aryl methyl sites for hydroxylation is 1. The minimum absolute atomic E-state index is 0.00559. The summed E-state index contributed by atoms with van der Waals surface area (Å²) in [5.41, 5.74) is 2.19. The van der Waals surface area contributed by atoms with Gasteiger partial charge in [0.2, 0.25) is 5.91 Å². The van der Waals surface area contributed by atoms with E-state index in [0.717, 1.165) is 24.9 Å². The van der Waals surface area contributed by atoms with Gasteiger partial charge < -0.3 is 16.0 Å². The Morgan fingerprint density at radius 3 is 2.89 bits per heavy atom. The van der Waals surface area contributed by atoms with Gasteiger partial charge in [-0.25, -0.2) is 0 Å². The van der Waals surface area contributed by atoms with E-state index in [4.69, 9.17) is 12.2 Å². The highest BCUT2D eigenvalue weighted by Crippen LogP contribution is 2.18. The van der Waals surface area contributed by atoms with E-state index in [1.165, 1.54) is 5.56 Å². The molecule has 0 unspecified atom stereocenters. The molecule has 1 saturated carbocycles. The van der Waals surface area contributed by atoms with Crippen LogP contribution >= 0.6 is 12.2 Å². The first-order chi connectivity index (χ1) is 9.17. The standard InChI is InChI=1S/C14H19N3OS/c1-2-10-4-3-5-12(8-10)17-14(19)15-9-13(18)16-11-6-7-11/h3-5,8,11H,2,6-7,9H2,1H3,(H,16,18)(H2,15,17,19). The average molecular weight is 277 g/mol. The van der Waals surface area contributed by atoms with E-state index in [1.54, 1.807) is 0 Å². The Balaban J connectivity index is 1.74. The summed E-state index contributed by atoms with van der Waals surface area (Å²) in [6, 6.07) is 8.46. The van der Waals surface area contributed by atoms with Crippen molar-refractivity contribution in [3.05, 3.63) is 29.8 Å². The second-order valence-electron chi connectivity index (χ2n) is 4.70. The van der Waals surface area contributed by atoms with Crippen molar-refractivity contribution in [1.82, 2.24) is 10.6 Å². The summed E-state index contributed by atoms with van der Waals surface area (Å²) in [5.74, 6) is -0.00559. The van der Waals surface area contributed by atoms with E-state index in [9.17, 15) is 4.79 Å². The van der Waals surface area contributed by atoms with E-state index >= 15 is 0 Å². The normalized spacial score (nSPS) is 13.7. The molecule has 1 amide bonds. The molecule has 0 bridgehead atoms. The van der Waals surface area contributed by atoms with E-state index < -0.39 is 0 Å². The maximum absolute atomic E-state index is 11.5. The molecule has 102 valence electrons. The summed E-state index contributed by atoms with van der Waals surface area (Å²) in [5, 5.41) is 9.37. The molecule has 3 N–H and O–H groups in total. The van der Waals surface area contributed by atoms with Crippen molar-refractivity contribution < 1.29 is 4.79 Å². The summed E-state index contributed by atoms with van der Waals surface area (Å²) in [7, 11) is 0. The number of hydrogen-bond acceptors (Lipinski definition) is 2. The lowest BCUT2D eigenvalue weighted by Gasteiger charge is -2.11. The number of rotatable bonds is 5. The Bertz CT molecular complexity index is 472. The predicted molar refractivity (Wildman–Crippen MR) is 81.2 cm³/mol. The fourth-order valence-corrected chi connectivity index (χ4v) is 1.90. The molecule has 1 aliphatic rings. The van der Waals surface area contributed by atoms with Crippen LogP contribution in [0.5, 0.6) is 0 Å². The molecule has 1 aromatic rings. The van der Waals surface area contributed by atoms with Crippen LogP contribution in [0.15, 0.2) is 24.3 Å².